The third-order valence-electron chi connectivity index (χ3n) is 6.33. The molecular formula is C23H26N3O4S+. The molecule has 1 fully saturated rings. The first-order valence-electron chi connectivity index (χ1n) is 11.0. The van der Waals surface area contributed by atoms with E-state index in [0.717, 1.165) is 67.5 Å². The molecule has 0 unspecified atom stereocenters. The van der Waals surface area contributed by atoms with Gasteiger partial charge in [0.25, 0.3) is 0 Å². The molecule has 0 radical (unpaired) electrons. The first-order chi connectivity index (χ1) is 15.2. The summed E-state index contributed by atoms with van der Waals surface area (Å²) in [5, 5.41) is 1.09. The van der Waals surface area contributed by atoms with E-state index in [1.807, 2.05) is 29.5 Å². The second-order valence-electron chi connectivity index (χ2n) is 8.63. The number of hydrogen-bond donors (Lipinski definition) is 1. The molecule has 1 saturated heterocycles. The molecule has 3 aliphatic rings. The molecule has 0 spiro atoms. The molecule has 0 bridgehead atoms. The zero-order valence-corrected chi connectivity index (χ0v) is 18.4. The van der Waals surface area contributed by atoms with Gasteiger partial charge in [-0.2, -0.15) is 4.98 Å². The smallest absolute Gasteiger partial charge is 0.231 e. The zero-order chi connectivity index (χ0) is 20.8. The highest BCUT2D eigenvalue weighted by Gasteiger charge is 2.26. The minimum atomic E-state index is 0.249. The lowest BCUT2D eigenvalue weighted by molar-refractivity contribution is -0.922. The van der Waals surface area contributed by atoms with Crippen LogP contribution in [0.15, 0.2) is 18.2 Å². The van der Waals surface area contributed by atoms with Crippen LogP contribution in [-0.2, 0) is 24.1 Å². The van der Waals surface area contributed by atoms with Crippen LogP contribution >= 0.6 is 11.3 Å². The number of benzene rings is 1. The monoisotopic (exact) mass is 440 g/mol. The first-order valence-corrected chi connectivity index (χ1v) is 11.8. The van der Waals surface area contributed by atoms with E-state index >= 15 is 0 Å². The van der Waals surface area contributed by atoms with Crippen LogP contribution < -0.4 is 19.1 Å². The molecule has 31 heavy (non-hydrogen) atoms. The topological polar surface area (TPSA) is 67.1 Å². The summed E-state index contributed by atoms with van der Waals surface area (Å²) in [6.45, 7) is 6.92. The van der Waals surface area contributed by atoms with E-state index in [1.165, 1.54) is 21.8 Å². The maximum atomic E-state index is 6.38. The molecule has 6 rings (SSSR count). The van der Waals surface area contributed by atoms with Crippen molar-refractivity contribution >= 4 is 21.6 Å². The summed E-state index contributed by atoms with van der Waals surface area (Å²) in [4.78, 5) is 13.8. The van der Waals surface area contributed by atoms with Gasteiger partial charge in [0.15, 0.2) is 17.3 Å². The molecule has 1 atom stereocenters. The summed E-state index contributed by atoms with van der Waals surface area (Å²) in [6.07, 6.45) is 3.37. The standard InChI is InChI=1S/C23H25N3O4S/c1-14-2-4-16-19(10-14)31-23-21(16)22(24-20(25-23)12-26-6-8-27-9-7-26)30-15-3-5-17-18(11-15)29-13-28-17/h3,5,11,14H,2,4,6-10,12-13H2,1H3/p+1/t14-/m1/s1. The third kappa shape index (κ3) is 3.73. The Morgan fingerprint density at radius 2 is 2.03 bits per heavy atom. The van der Waals surface area contributed by atoms with Crippen LogP contribution in [0, 0.1) is 5.92 Å². The second kappa shape index (κ2) is 7.93. The Kier molecular flexibility index (Phi) is 4.93. The van der Waals surface area contributed by atoms with Gasteiger partial charge in [-0.1, -0.05) is 6.92 Å². The normalized spacial score (nSPS) is 20.7. The number of nitrogens with one attached hydrogen (secondary N) is 1. The van der Waals surface area contributed by atoms with Gasteiger partial charge in [-0.3, -0.25) is 0 Å². The number of fused-ring (bicyclic) bond motifs is 4. The highest BCUT2D eigenvalue weighted by molar-refractivity contribution is 7.18. The fourth-order valence-electron chi connectivity index (χ4n) is 4.62. The lowest BCUT2D eigenvalue weighted by Crippen LogP contribution is -3.12. The third-order valence-corrected chi connectivity index (χ3v) is 7.48. The maximum absolute atomic E-state index is 6.38. The number of aryl methyl sites for hydroxylation is 1. The van der Waals surface area contributed by atoms with E-state index in [-0.39, 0.29) is 6.79 Å². The Labute approximate surface area is 184 Å². The lowest BCUT2D eigenvalue weighted by atomic mass is 9.89. The molecule has 1 aromatic carbocycles. The van der Waals surface area contributed by atoms with Crippen LogP contribution in [0.4, 0.5) is 0 Å². The number of nitrogens with zero attached hydrogens (tertiary/aromatic N) is 2. The van der Waals surface area contributed by atoms with Crippen LogP contribution in [0.3, 0.4) is 0 Å². The molecule has 7 nitrogen and oxygen atoms in total. The van der Waals surface area contributed by atoms with Crippen molar-refractivity contribution in [3.05, 3.63) is 34.5 Å². The first kappa shape index (κ1) is 19.3. The quantitative estimate of drug-likeness (QED) is 0.673. The number of morpholine rings is 1. The molecular weight excluding hydrogens is 414 g/mol. The van der Waals surface area contributed by atoms with E-state index in [9.17, 15) is 0 Å². The second-order valence-corrected chi connectivity index (χ2v) is 9.72. The van der Waals surface area contributed by atoms with Gasteiger partial charge < -0.3 is 23.8 Å². The Morgan fingerprint density at radius 3 is 2.94 bits per heavy atom. The summed E-state index contributed by atoms with van der Waals surface area (Å²) in [6, 6.07) is 5.68. The van der Waals surface area contributed by atoms with Crippen LogP contribution in [0.1, 0.15) is 29.6 Å². The summed E-state index contributed by atoms with van der Waals surface area (Å²) in [5.41, 5.74) is 1.37. The molecule has 162 valence electrons. The van der Waals surface area contributed by atoms with Gasteiger partial charge in [0, 0.05) is 10.9 Å². The Balaban J connectivity index is 1.40. The van der Waals surface area contributed by atoms with Crippen molar-refractivity contribution in [2.45, 2.75) is 32.7 Å². The average Bonchev–Trinajstić information content (AvgIpc) is 3.37. The van der Waals surface area contributed by atoms with Crippen molar-refractivity contribution < 1.29 is 23.8 Å². The molecule has 0 saturated carbocycles. The highest BCUT2D eigenvalue weighted by Crippen LogP contribution is 2.43. The van der Waals surface area contributed by atoms with Crippen molar-refractivity contribution in [1.29, 1.82) is 0 Å². The van der Waals surface area contributed by atoms with Crippen molar-refractivity contribution in [1.82, 2.24) is 9.97 Å². The molecule has 3 aromatic rings. The fourth-order valence-corrected chi connectivity index (χ4v) is 6.01. The number of hydrogen-bond acceptors (Lipinski definition) is 7. The molecule has 8 heteroatoms. The van der Waals surface area contributed by atoms with Crippen molar-refractivity contribution in [2.24, 2.45) is 5.92 Å². The van der Waals surface area contributed by atoms with Crippen molar-refractivity contribution in [3.8, 4) is 23.1 Å². The zero-order valence-electron chi connectivity index (χ0n) is 17.6. The van der Waals surface area contributed by atoms with Crippen LogP contribution in [-0.4, -0.2) is 43.1 Å². The average molecular weight is 441 g/mol. The number of rotatable bonds is 4. The van der Waals surface area contributed by atoms with Crippen LogP contribution in [0.2, 0.25) is 0 Å². The maximum Gasteiger partial charge on any atom is 0.231 e. The van der Waals surface area contributed by atoms with Gasteiger partial charge in [-0.15, -0.1) is 11.3 Å². The Hall–Kier alpha value is -2.42. The SMILES string of the molecule is C[C@@H]1CCc2c(sc3nc(C[NH+]4CCOCC4)nc(Oc4ccc5c(c4)OCO5)c23)C1. The Morgan fingerprint density at radius 1 is 1.16 bits per heavy atom. The minimum Gasteiger partial charge on any atom is -0.454 e. The van der Waals surface area contributed by atoms with Crippen LogP contribution in [0.5, 0.6) is 23.1 Å². The van der Waals surface area contributed by atoms with Gasteiger partial charge in [0.2, 0.25) is 12.7 Å². The molecule has 2 aliphatic heterocycles. The molecule has 0 amide bonds. The van der Waals surface area contributed by atoms with E-state index < -0.39 is 0 Å². The van der Waals surface area contributed by atoms with Gasteiger partial charge in [-0.25, -0.2) is 4.98 Å². The van der Waals surface area contributed by atoms with Crippen molar-refractivity contribution in [3.63, 3.8) is 0 Å². The number of thiophene rings is 1. The van der Waals surface area contributed by atoms with Gasteiger partial charge in [0.1, 0.15) is 30.2 Å². The summed E-state index contributed by atoms with van der Waals surface area (Å²) in [7, 11) is 0. The predicted octanol–water partition coefficient (Wildman–Crippen LogP) is 2.75. The highest BCUT2D eigenvalue weighted by atomic mass is 32.1. The van der Waals surface area contributed by atoms with Crippen LogP contribution in [0.25, 0.3) is 10.2 Å². The van der Waals surface area contributed by atoms with E-state index in [4.69, 9.17) is 28.9 Å². The summed E-state index contributed by atoms with van der Waals surface area (Å²) >= 11 is 1.81. The predicted molar refractivity (Wildman–Crippen MR) is 116 cm³/mol. The number of quaternary nitrogens is 1. The Bertz CT molecular complexity index is 1130. The van der Waals surface area contributed by atoms with Crippen molar-refractivity contribution in [2.75, 3.05) is 33.1 Å². The minimum absolute atomic E-state index is 0.249. The molecule has 4 heterocycles. The van der Waals surface area contributed by atoms with Gasteiger partial charge in [0.05, 0.1) is 18.6 Å². The lowest BCUT2D eigenvalue weighted by Gasteiger charge is -2.23. The molecule has 1 aliphatic carbocycles. The number of ether oxygens (including phenoxy) is 4. The summed E-state index contributed by atoms with van der Waals surface area (Å²) in [5.74, 6) is 4.38. The largest absolute Gasteiger partial charge is 0.454 e. The van der Waals surface area contributed by atoms with E-state index in [1.54, 1.807) is 0 Å². The van der Waals surface area contributed by atoms with E-state index in [0.29, 0.717) is 23.3 Å². The van der Waals surface area contributed by atoms with Gasteiger partial charge in [-0.05, 0) is 42.9 Å². The molecule has 2 aromatic heterocycles. The molecule has 1 N–H and O–H groups in total. The van der Waals surface area contributed by atoms with E-state index in [2.05, 4.69) is 6.92 Å². The van der Waals surface area contributed by atoms with Gasteiger partial charge >= 0.3 is 0 Å². The summed E-state index contributed by atoms with van der Waals surface area (Å²) < 4.78 is 22.9. The fraction of sp³-hybridized carbons (Fsp3) is 0.478. The number of aromatic nitrogens is 2.